The first-order valence-electron chi connectivity index (χ1n) is 8.98. The number of carbonyl (C=O) groups is 2. The van der Waals surface area contributed by atoms with Gasteiger partial charge in [-0.3, -0.25) is 9.59 Å². The Kier molecular flexibility index (Phi) is 6.85. The standard InChI is InChI=1S/C19H29N3O4/c1-5-13(2)17(20)19(24)22-8-6-21(7-9-22)18(23)14-10-15(25-3)12-16(11-14)26-4/h10-13,17H,5-9,20H2,1-4H3. The van der Waals surface area contributed by atoms with E-state index in [-0.39, 0.29) is 17.7 Å². The van der Waals surface area contributed by atoms with E-state index in [0.717, 1.165) is 6.42 Å². The fraction of sp³-hybridized carbons (Fsp3) is 0.579. The molecule has 144 valence electrons. The van der Waals surface area contributed by atoms with Crippen molar-refractivity contribution < 1.29 is 19.1 Å². The van der Waals surface area contributed by atoms with Gasteiger partial charge in [0, 0.05) is 37.8 Å². The van der Waals surface area contributed by atoms with Crippen LogP contribution in [0.25, 0.3) is 0 Å². The minimum Gasteiger partial charge on any atom is -0.497 e. The Morgan fingerprint density at radius 1 is 1.04 bits per heavy atom. The topological polar surface area (TPSA) is 85.1 Å². The molecule has 7 heteroatoms. The summed E-state index contributed by atoms with van der Waals surface area (Å²) in [7, 11) is 3.10. The summed E-state index contributed by atoms with van der Waals surface area (Å²) in [6.07, 6.45) is 0.864. The molecule has 0 bridgehead atoms. The van der Waals surface area contributed by atoms with Crippen molar-refractivity contribution in [1.82, 2.24) is 9.80 Å². The Hall–Kier alpha value is -2.28. The van der Waals surface area contributed by atoms with Crippen molar-refractivity contribution >= 4 is 11.8 Å². The lowest BCUT2D eigenvalue weighted by atomic mass is 9.98. The Morgan fingerprint density at radius 2 is 1.54 bits per heavy atom. The maximum Gasteiger partial charge on any atom is 0.254 e. The molecule has 1 saturated heterocycles. The van der Waals surface area contributed by atoms with Crippen LogP contribution in [0.5, 0.6) is 11.5 Å². The van der Waals surface area contributed by atoms with E-state index >= 15 is 0 Å². The number of piperazine rings is 1. The van der Waals surface area contributed by atoms with Gasteiger partial charge in [-0.05, 0) is 18.1 Å². The van der Waals surface area contributed by atoms with E-state index in [1.807, 2.05) is 13.8 Å². The summed E-state index contributed by atoms with van der Waals surface area (Å²) < 4.78 is 10.5. The molecule has 0 aliphatic carbocycles. The van der Waals surface area contributed by atoms with Gasteiger partial charge in [-0.1, -0.05) is 20.3 Å². The van der Waals surface area contributed by atoms with E-state index < -0.39 is 6.04 Å². The Labute approximate surface area is 155 Å². The number of rotatable bonds is 6. The van der Waals surface area contributed by atoms with Crippen molar-refractivity contribution in [2.75, 3.05) is 40.4 Å². The molecule has 1 aromatic rings. The highest BCUT2D eigenvalue weighted by molar-refractivity contribution is 5.95. The van der Waals surface area contributed by atoms with Gasteiger partial charge in [0.2, 0.25) is 5.91 Å². The molecule has 2 amide bonds. The van der Waals surface area contributed by atoms with Crippen molar-refractivity contribution in [3.63, 3.8) is 0 Å². The SMILES string of the molecule is CCC(C)C(N)C(=O)N1CCN(C(=O)c2cc(OC)cc(OC)c2)CC1. The molecule has 1 heterocycles. The van der Waals surface area contributed by atoms with Gasteiger partial charge in [0.1, 0.15) is 11.5 Å². The van der Waals surface area contributed by atoms with E-state index in [0.29, 0.717) is 43.2 Å². The Morgan fingerprint density at radius 3 is 2.00 bits per heavy atom. The molecule has 0 spiro atoms. The zero-order chi connectivity index (χ0) is 19.3. The lowest BCUT2D eigenvalue weighted by Gasteiger charge is -2.36. The van der Waals surface area contributed by atoms with Crippen LogP contribution in [0.3, 0.4) is 0 Å². The molecule has 1 aliphatic rings. The second-order valence-corrected chi connectivity index (χ2v) is 6.63. The fourth-order valence-corrected chi connectivity index (χ4v) is 2.95. The third-order valence-corrected chi connectivity index (χ3v) is 5.02. The molecule has 0 saturated carbocycles. The molecule has 1 fully saturated rings. The number of nitrogens with zero attached hydrogens (tertiary/aromatic N) is 2. The first-order chi connectivity index (χ1) is 12.4. The van der Waals surface area contributed by atoms with E-state index in [4.69, 9.17) is 15.2 Å². The quantitative estimate of drug-likeness (QED) is 0.825. The summed E-state index contributed by atoms with van der Waals surface area (Å²) >= 11 is 0. The van der Waals surface area contributed by atoms with Crippen LogP contribution in [0, 0.1) is 5.92 Å². The maximum absolute atomic E-state index is 12.8. The number of amides is 2. The van der Waals surface area contributed by atoms with E-state index in [1.54, 1.807) is 42.2 Å². The van der Waals surface area contributed by atoms with Gasteiger partial charge < -0.3 is 25.0 Å². The predicted octanol–water partition coefficient (Wildman–Crippen LogP) is 1.36. The second-order valence-electron chi connectivity index (χ2n) is 6.63. The summed E-state index contributed by atoms with van der Waals surface area (Å²) in [5, 5.41) is 0. The lowest BCUT2D eigenvalue weighted by Crippen LogP contribution is -2.55. The Balaban J connectivity index is 2.01. The van der Waals surface area contributed by atoms with E-state index in [2.05, 4.69) is 0 Å². The summed E-state index contributed by atoms with van der Waals surface area (Å²) in [5.41, 5.74) is 6.56. The molecule has 2 unspecified atom stereocenters. The first-order valence-corrected chi connectivity index (χ1v) is 8.98. The van der Waals surface area contributed by atoms with Crippen LogP contribution in [-0.4, -0.2) is 68.1 Å². The lowest BCUT2D eigenvalue weighted by molar-refractivity contribution is -0.135. The molecule has 1 aromatic carbocycles. The van der Waals surface area contributed by atoms with Gasteiger partial charge in [0.05, 0.1) is 20.3 Å². The Bertz CT molecular complexity index is 619. The van der Waals surface area contributed by atoms with Crippen LogP contribution in [0.15, 0.2) is 18.2 Å². The predicted molar refractivity (Wildman–Crippen MR) is 99.5 cm³/mol. The molecule has 2 N–H and O–H groups in total. The third-order valence-electron chi connectivity index (χ3n) is 5.02. The number of methoxy groups -OCH3 is 2. The van der Waals surface area contributed by atoms with E-state index in [9.17, 15) is 9.59 Å². The van der Waals surface area contributed by atoms with Gasteiger partial charge in [-0.25, -0.2) is 0 Å². The molecular weight excluding hydrogens is 334 g/mol. The largest absolute Gasteiger partial charge is 0.497 e. The van der Waals surface area contributed by atoms with Crippen LogP contribution in [0.4, 0.5) is 0 Å². The number of nitrogens with two attached hydrogens (primary N) is 1. The normalized spacial score (nSPS) is 16.8. The summed E-state index contributed by atoms with van der Waals surface area (Å²) in [5.74, 6) is 1.16. The molecule has 0 aromatic heterocycles. The van der Waals surface area contributed by atoms with E-state index in [1.165, 1.54) is 0 Å². The van der Waals surface area contributed by atoms with Crippen molar-refractivity contribution in [1.29, 1.82) is 0 Å². The highest BCUT2D eigenvalue weighted by Gasteiger charge is 2.29. The van der Waals surface area contributed by atoms with Gasteiger partial charge in [-0.2, -0.15) is 0 Å². The molecule has 0 radical (unpaired) electrons. The fourth-order valence-electron chi connectivity index (χ4n) is 2.95. The monoisotopic (exact) mass is 363 g/mol. The molecule has 7 nitrogen and oxygen atoms in total. The molecular formula is C19H29N3O4. The summed E-state index contributed by atoms with van der Waals surface area (Å²) in [4.78, 5) is 28.8. The van der Waals surface area contributed by atoms with Gasteiger partial charge in [0.25, 0.3) is 5.91 Å². The minimum absolute atomic E-state index is 0.0329. The van der Waals surface area contributed by atoms with Gasteiger partial charge in [0.15, 0.2) is 0 Å². The zero-order valence-corrected chi connectivity index (χ0v) is 16.0. The van der Waals surface area contributed by atoms with Crippen LogP contribution in [0.2, 0.25) is 0 Å². The summed E-state index contributed by atoms with van der Waals surface area (Å²) in [6, 6.07) is 4.64. The zero-order valence-electron chi connectivity index (χ0n) is 16.0. The van der Waals surface area contributed by atoms with Gasteiger partial charge in [-0.15, -0.1) is 0 Å². The molecule has 26 heavy (non-hydrogen) atoms. The van der Waals surface area contributed by atoms with Crippen molar-refractivity contribution in [2.24, 2.45) is 11.7 Å². The molecule has 2 atom stereocenters. The smallest absolute Gasteiger partial charge is 0.254 e. The number of hydrogen-bond acceptors (Lipinski definition) is 5. The second kappa shape index (κ2) is 8.89. The number of ether oxygens (including phenoxy) is 2. The average Bonchev–Trinajstić information content (AvgIpc) is 2.70. The minimum atomic E-state index is -0.482. The third kappa shape index (κ3) is 4.46. The van der Waals surface area contributed by atoms with Gasteiger partial charge >= 0.3 is 0 Å². The highest BCUT2D eigenvalue weighted by Crippen LogP contribution is 2.24. The van der Waals surface area contributed by atoms with Crippen LogP contribution < -0.4 is 15.2 Å². The molecule has 1 aliphatic heterocycles. The van der Waals surface area contributed by atoms with Crippen molar-refractivity contribution in [3.05, 3.63) is 23.8 Å². The van der Waals surface area contributed by atoms with Crippen molar-refractivity contribution in [3.8, 4) is 11.5 Å². The summed E-state index contributed by atoms with van der Waals surface area (Å²) in [6.45, 7) is 5.97. The number of benzene rings is 1. The van der Waals surface area contributed by atoms with Crippen LogP contribution in [-0.2, 0) is 4.79 Å². The van der Waals surface area contributed by atoms with Crippen LogP contribution >= 0.6 is 0 Å². The average molecular weight is 363 g/mol. The highest BCUT2D eigenvalue weighted by atomic mass is 16.5. The first kappa shape index (κ1) is 20.0. The van der Waals surface area contributed by atoms with Crippen molar-refractivity contribution in [2.45, 2.75) is 26.3 Å². The number of hydrogen-bond donors (Lipinski definition) is 1. The van der Waals surface area contributed by atoms with Crippen LogP contribution in [0.1, 0.15) is 30.6 Å². The number of carbonyl (C=O) groups excluding carboxylic acids is 2. The molecule has 2 rings (SSSR count). The maximum atomic E-state index is 12.8.